The number of hydrogen-bond donors (Lipinski definition) is 5. The van der Waals surface area contributed by atoms with Crippen molar-refractivity contribution < 1.29 is 24.3 Å². The smallest absolute Gasteiger partial charge is 0.322 e. The maximum Gasteiger partial charge on any atom is 0.322 e. The fourth-order valence-electron chi connectivity index (χ4n) is 1.86. The first-order valence-corrected chi connectivity index (χ1v) is 9.34. The molecule has 0 heterocycles. The van der Waals surface area contributed by atoms with Crippen molar-refractivity contribution in [3.05, 3.63) is 0 Å². The van der Waals surface area contributed by atoms with Gasteiger partial charge in [0.1, 0.15) is 18.6 Å². The van der Waals surface area contributed by atoms with Gasteiger partial charge in [-0.3, -0.25) is 19.2 Å². The molecular weight excluding hydrogens is 348 g/mol. The van der Waals surface area contributed by atoms with Crippen LogP contribution in [0.15, 0.2) is 0 Å². The van der Waals surface area contributed by atoms with Crippen molar-refractivity contribution in [2.45, 2.75) is 45.3 Å². The molecule has 25 heavy (non-hydrogen) atoms. The topological polar surface area (TPSA) is 151 Å². The lowest BCUT2D eigenvalue weighted by Gasteiger charge is -2.25. The van der Waals surface area contributed by atoms with E-state index in [1.165, 1.54) is 6.92 Å². The molecule has 0 bridgehead atoms. The molecule has 0 rings (SSSR count). The molecule has 3 unspecified atom stereocenters. The zero-order valence-electron chi connectivity index (χ0n) is 15.0. The van der Waals surface area contributed by atoms with Gasteiger partial charge in [-0.25, -0.2) is 0 Å². The molecule has 0 saturated carbocycles. The third-order valence-corrected chi connectivity index (χ3v) is 4.03. The minimum absolute atomic E-state index is 0.217. The van der Waals surface area contributed by atoms with Gasteiger partial charge in [-0.15, -0.1) is 0 Å². The highest BCUT2D eigenvalue weighted by Gasteiger charge is 2.28. The summed E-state index contributed by atoms with van der Waals surface area (Å²) in [5, 5.41) is 15.8. The van der Waals surface area contributed by atoms with E-state index in [4.69, 9.17) is 10.8 Å². The molecule has 3 atom stereocenters. The number of carboxylic acid groups (broad SMARTS) is 1. The number of carboxylic acids is 1. The first-order chi connectivity index (χ1) is 11.6. The molecule has 0 aromatic rings. The Hall–Kier alpha value is -1.81. The second-order valence-electron chi connectivity index (χ2n) is 5.96. The Morgan fingerprint density at radius 3 is 2.12 bits per heavy atom. The van der Waals surface area contributed by atoms with Crippen LogP contribution in [-0.2, 0) is 19.2 Å². The molecular formula is C15H28N4O5S. The van der Waals surface area contributed by atoms with Crippen molar-refractivity contribution in [2.75, 3.05) is 18.6 Å². The van der Waals surface area contributed by atoms with Gasteiger partial charge < -0.3 is 26.8 Å². The summed E-state index contributed by atoms with van der Waals surface area (Å²) >= 11 is 1.57. The summed E-state index contributed by atoms with van der Waals surface area (Å²) in [4.78, 5) is 46.6. The van der Waals surface area contributed by atoms with E-state index < -0.39 is 48.4 Å². The Bertz CT molecular complexity index is 487. The van der Waals surface area contributed by atoms with E-state index in [0.717, 1.165) is 5.75 Å². The predicted octanol–water partition coefficient (Wildman–Crippen LogP) is -1.09. The number of carbonyl (C=O) groups excluding carboxylic acids is 3. The molecule has 9 nitrogen and oxygen atoms in total. The zero-order valence-corrected chi connectivity index (χ0v) is 15.8. The second-order valence-corrected chi connectivity index (χ2v) is 6.95. The van der Waals surface area contributed by atoms with E-state index in [0.29, 0.717) is 6.42 Å². The average molecular weight is 376 g/mol. The maximum absolute atomic E-state index is 12.3. The normalized spacial score (nSPS) is 14.3. The van der Waals surface area contributed by atoms with Gasteiger partial charge in [-0.05, 0) is 31.3 Å². The molecule has 0 aromatic heterocycles. The van der Waals surface area contributed by atoms with E-state index in [-0.39, 0.29) is 5.92 Å². The summed E-state index contributed by atoms with van der Waals surface area (Å²) in [6, 6.07) is -2.49. The lowest BCUT2D eigenvalue weighted by molar-refractivity contribution is -0.138. The quantitative estimate of drug-likeness (QED) is 0.307. The Morgan fingerprint density at radius 1 is 1.04 bits per heavy atom. The summed E-state index contributed by atoms with van der Waals surface area (Å²) < 4.78 is 0. The molecule has 144 valence electrons. The number of thioether (sulfide) groups is 1. The number of carbonyl (C=O) groups is 4. The van der Waals surface area contributed by atoms with Crippen molar-refractivity contribution in [2.24, 2.45) is 11.7 Å². The van der Waals surface area contributed by atoms with Crippen molar-refractivity contribution in [3.8, 4) is 0 Å². The van der Waals surface area contributed by atoms with Crippen LogP contribution < -0.4 is 21.7 Å². The molecule has 0 aliphatic carbocycles. The number of amides is 3. The van der Waals surface area contributed by atoms with Crippen LogP contribution in [0.3, 0.4) is 0 Å². The fraction of sp³-hybridized carbons (Fsp3) is 0.733. The second kappa shape index (κ2) is 11.7. The Balaban J connectivity index is 4.70. The van der Waals surface area contributed by atoms with E-state index in [1.54, 1.807) is 25.6 Å². The van der Waals surface area contributed by atoms with Crippen molar-refractivity contribution in [1.82, 2.24) is 16.0 Å². The van der Waals surface area contributed by atoms with Gasteiger partial charge in [0.25, 0.3) is 0 Å². The fourth-order valence-corrected chi connectivity index (χ4v) is 2.35. The zero-order chi connectivity index (χ0) is 19.6. The lowest BCUT2D eigenvalue weighted by Crippen LogP contribution is -2.57. The number of nitrogens with two attached hydrogens (primary N) is 1. The molecule has 0 radical (unpaired) electrons. The largest absolute Gasteiger partial charge is 0.480 e. The number of aliphatic carboxylic acids is 1. The number of nitrogens with one attached hydrogen (secondary N) is 3. The van der Waals surface area contributed by atoms with Crippen LogP contribution in [0.4, 0.5) is 0 Å². The van der Waals surface area contributed by atoms with E-state index >= 15 is 0 Å². The highest BCUT2D eigenvalue weighted by Crippen LogP contribution is 2.05. The third kappa shape index (κ3) is 9.30. The average Bonchev–Trinajstić information content (AvgIpc) is 2.54. The van der Waals surface area contributed by atoms with Gasteiger partial charge in [0.2, 0.25) is 17.7 Å². The van der Waals surface area contributed by atoms with Gasteiger partial charge in [0.05, 0.1) is 6.04 Å². The molecule has 0 fully saturated rings. The summed E-state index contributed by atoms with van der Waals surface area (Å²) in [7, 11) is 0. The summed E-state index contributed by atoms with van der Waals surface area (Å²) in [6.45, 7) is 4.41. The molecule has 0 aliphatic heterocycles. The molecule has 6 N–H and O–H groups in total. The highest BCUT2D eigenvalue weighted by molar-refractivity contribution is 7.98. The van der Waals surface area contributed by atoms with E-state index in [2.05, 4.69) is 16.0 Å². The van der Waals surface area contributed by atoms with Crippen molar-refractivity contribution in [1.29, 1.82) is 0 Å². The molecule has 10 heteroatoms. The molecule has 0 saturated heterocycles. The van der Waals surface area contributed by atoms with Crippen LogP contribution in [0.1, 0.15) is 27.2 Å². The maximum atomic E-state index is 12.3. The monoisotopic (exact) mass is 376 g/mol. The summed E-state index contributed by atoms with van der Waals surface area (Å²) in [5.74, 6) is -2.25. The lowest BCUT2D eigenvalue weighted by atomic mass is 10.0. The molecule has 3 amide bonds. The summed E-state index contributed by atoms with van der Waals surface area (Å²) in [6.07, 6.45) is 2.40. The molecule has 0 spiro atoms. The molecule has 0 aromatic carbocycles. The van der Waals surface area contributed by atoms with Gasteiger partial charge in [-0.2, -0.15) is 11.8 Å². The predicted molar refractivity (Wildman–Crippen MR) is 96.0 cm³/mol. The van der Waals surface area contributed by atoms with Crippen molar-refractivity contribution >= 4 is 35.5 Å². The van der Waals surface area contributed by atoms with Gasteiger partial charge >= 0.3 is 5.97 Å². The summed E-state index contributed by atoms with van der Waals surface area (Å²) in [5.41, 5.74) is 5.79. The van der Waals surface area contributed by atoms with Gasteiger partial charge in [-0.1, -0.05) is 13.8 Å². The minimum Gasteiger partial charge on any atom is -0.480 e. The SMILES string of the molecule is CSCCC(N)C(=O)NC(C(=O)NC(C)C(=O)NCC(=O)O)C(C)C. The van der Waals surface area contributed by atoms with Gasteiger partial charge in [0, 0.05) is 0 Å². The Labute approximate surface area is 151 Å². The van der Waals surface area contributed by atoms with E-state index in [1.807, 2.05) is 6.26 Å². The third-order valence-electron chi connectivity index (χ3n) is 3.38. The van der Waals surface area contributed by atoms with Crippen LogP contribution in [0, 0.1) is 5.92 Å². The first-order valence-electron chi connectivity index (χ1n) is 7.94. The van der Waals surface area contributed by atoms with Crippen LogP contribution >= 0.6 is 11.8 Å². The first kappa shape index (κ1) is 23.2. The highest BCUT2D eigenvalue weighted by atomic mass is 32.2. The molecule has 0 aliphatic rings. The van der Waals surface area contributed by atoms with Gasteiger partial charge in [0.15, 0.2) is 0 Å². The Kier molecular flexibility index (Phi) is 10.8. The van der Waals surface area contributed by atoms with Crippen LogP contribution in [0.25, 0.3) is 0 Å². The number of hydrogen-bond acceptors (Lipinski definition) is 6. The van der Waals surface area contributed by atoms with E-state index in [9.17, 15) is 19.2 Å². The van der Waals surface area contributed by atoms with Crippen LogP contribution in [-0.4, -0.2) is 65.5 Å². The van der Waals surface area contributed by atoms with Crippen molar-refractivity contribution in [3.63, 3.8) is 0 Å². The standard InChI is InChI=1S/C15H28N4O5S/c1-8(2)12(19-14(23)10(16)5-6-25-4)15(24)18-9(3)13(22)17-7-11(20)21/h8-10,12H,5-7,16H2,1-4H3,(H,17,22)(H,18,24)(H,19,23)(H,20,21). The Morgan fingerprint density at radius 2 is 1.64 bits per heavy atom. The van der Waals surface area contributed by atoms with Crippen LogP contribution in [0.5, 0.6) is 0 Å². The van der Waals surface area contributed by atoms with Crippen LogP contribution in [0.2, 0.25) is 0 Å². The number of rotatable bonds is 11. The minimum atomic E-state index is -1.18.